The number of ketones is 1. The van der Waals surface area contributed by atoms with Gasteiger partial charge in [0.15, 0.2) is 5.78 Å². The molecule has 0 bridgehead atoms. The van der Waals surface area contributed by atoms with Crippen molar-refractivity contribution in [1.29, 1.82) is 0 Å². The van der Waals surface area contributed by atoms with Crippen LogP contribution in [0.5, 0.6) is 5.75 Å². The Bertz CT molecular complexity index is 892. The monoisotopic (exact) mass is 333 g/mol. The Morgan fingerprint density at radius 1 is 0.920 bits per heavy atom. The van der Waals surface area contributed by atoms with Crippen LogP contribution in [0.2, 0.25) is 0 Å². The van der Waals surface area contributed by atoms with Crippen LogP contribution in [-0.2, 0) is 6.61 Å². The molecule has 0 saturated carbocycles. The maximum Gasteiger partial charge on any atom is 0.280 e. The fourth-order valence-corrected chi connectivity index (χ4v) is 2.43. The second-order valence-corrected chi connectivity index (χ2v) is 5.41. The highest BCUT2D eigenvalue weighted by molar-refractivity contribution is 6.11. The summed E-state index contributed by atoms with van der Waals surface area (Å²) in [5.74, 6) is 0.00574. The average Bonchev–Trinajstić information content (AvgIpc) is 2.67. The summed E-state index contributed by atoms with van der Waals surface area (Å²) in [6.07, 6.45) is 0. The molecule has 0 fully saturated rings. The quantitative estimate of drug-likeness (QED) is 0.381. The van der Waals surface area contributed by atoms with Crippen molar-refractivity contribution in [2.45, 2.75) is 6.61 Å². The number of nitro groups is 1. The lowest BCUT2D eigenvalue weighted by molar-refractivity contribution is -0.385. The molecule has 0 spiro atoms. The SMILES string of the molecule is O=C(c1ccccc1)c1cc(OCc2ccccc2)ccc1[N+](=O)[O-]. The normalized spacial score (nSPS) is 10.2. The summed E-state index contributed by atoms with van der Waals surface area (Å²) in [5, 5.41) is 11.3. The first-order valence-corrected chi connectivity index (χ1v) is 7.70. The van der Waals surface area contributed by atoms with Gasteiger partial charge in [-0.3, -0.25) is 14.9 Å². The van der Waals surface area contributed by atoms with E-state index in [0.29, 0.717) is 17.9 Å². The number of carbonyl (C=O) groups is 1. The van der Waals surface area contributed by atoms with Gasteiger partial charge < -0.3 is 4.74 Å². The van der Waals surface area contributed by atoms with Crippen LogP contribution < -0.4 is 4.74 Å². The molecular formula is C20H15NO4. The number of ether oxygens (including phenoxy) is 1. The van der Waals surface area contributed by atoms with Gasteiger partial charge in [0.2, 0.25) is 0 Å². The minimum Gasteiger partial charge on any atom is -0.489 e. The van der Waals surface area contributed by atoms with Gasteiger partial charge in [0, 0.05) is 11.6 Å². The standard InChI is InChI=1S/C20H15NO4/c22-20(16-9-5-2-6-10-16)18-13-17(11-12-19(18)21(23)24)25-14-15-7-3-1-4-8-15/h1-13H,14H2. The van der Waals surface area contributed by atoms with Gasteiger partial charge in [-0.25, -0.2) is 0 Å². The number of carbonyl (C=O) groups excluding carboxylic acids is 1. The Hall–Kier alpha value is -3.47. The predicted octanol–water partition coefficient (Wildman–Crippen LogP) is 4.40. The van der Waals surface area contributed by atoms with Gasteiger partial charge in [-0.05, 0) is 17.7 Å². The van der Waals surface area contributed by atoms with Gasteiger partial charge in [0.25, 0.3) is 5.69 Å². The van der Waals surface area contributed by atoms with Crippen molar-refractivity contribution in [3.05, 3.63) is 106 Å². The molecule has 3 rings (SSSR count). The molecule has 0 aromatic heterocycles. The van der Waals surface area contributed by atoms with Crippen LogP contribution in [0, 0.1) is 10.1 Å². The largest absolute Gasteiger partial charge is 0.489 e. The summed E-state index contributed by atoms with van der Waals surface area (Å²) in [5.41, 5.74) is 1.14. The van der Waals surface area contributed by atoms with Crippen LogP contribution in [0.15, 0.2) is 78.9 Å². The summed E-state index contributed by atoms with van der Waals surface area (Å²) < 4.78 is 5.68. The fraction of sp³-hybridized carbons (Fsp3) is 0.0500. The summed E-state index contributed by atoms with van der Waals surface area (Å²) in [6, 6.07) is 22.3. The Kier molecular flexibility index (Phi) is 4.85. The van der Waals surface area contributed by atoms with Gasteiger partial charge in [-0.15, -0.1) is 0 Å². The molecule has 0 saturated heterocycles. The Morgan fingerprint density at radius 3 is 2.20 bits per heavy atom. The van der Waals surface area contributed by atoms with Crippen molar-refractivity contribution in [2.75, 3.05) is 0 Å². The summed E-state index contributed by atoms with van der Waals surface area (Å²) >= 11 is 0. The first-order chi connectivity index (χ1) is 12.1. The van der Waals surface area contributed by atoms with Gasteiger partial charge >= 0.3 is 0 Å². The summed E-state index contributed by atoms with van der Waals surface area (Å²) in [6.45, 7) is 0.317. The third-order valence-corrected chi connectivity index (χ3v) is 3.69. The summed E-state index contributed by atoms with van der Waals surface area (Å²) in [7, 11) is 0. The van der Waals surface area contributed by atoms with E-state index in [1.165, 1.54) is 18.2 Å². The number of rotatable bonds is 6. The molecule has 0 aliphatic carbocycles. The van der Waals surface area contributed by atoms with Crippen LogP contribution in [0.25, 0.3) is 0 Å². The lowest BCUT2D eigenvalue weighted by atomic mass is 10.0. The molecule has 0 aliphatic heterocycles. The van der Waals surface area contributed by atoms with E-state index in [2.05, 4.69) is 0 Å². The van der Waals surface area contributed by atoms with Crippen molar-refractivity contribution in [3.8, 4) is 5.75 Å². The molecule has 0 aliphatic rings. The Morgan fingerprint density at radius 2 is 1.56 bits per heavy atom. The number of hydrogen-bond donors (Lipinski definition) is 0. The maximum atomic E-state index is 12.6. The zero-order valence-corrected chi connectivity index (χ0v) is 13.3. The van der Waals surface area contributed by atoms with Crippen LogP contribution in [0.3, 0.4) is 0 Å². The van der Waals surface area contributed by atoms with Gasteiger partial charge in [-0.1, -0.05) is 60.7 Å². The van der Waals surface area contributed by atoms with Gasteiger partial charge in [0.1, 0.15) is 17.9 Å². The molecule has 0 heterocycles. The maximum absolute atomic E-state index is 12.6. The van der Waals surface area contributed by atoms with Gasteiger partial charge in [0.05, 0.1) is 4.92 Å². The second kappa shape index (κ2) is 7.40. The van der Waals surface area contributed by atoms with Crippen LogP contribution >= 0.6 is 0 Å². The number of hydrogen-bond acceptors (Lipinski definition) is 4. The zero-order chi connectivity index (χ0) is 17.6. The minimum atomic E-state index is -0.558. The summed E-state index contributed by atoms with van der Waals surface area (Å²) in [4.78, 5) is 23.3. The van der Waals surface area contributed by atoms with Crippen molar-refractivity contribution in [3.63, 3.8) is 0 Å². The van der Waals surface area contributed by atoms with E-state index in [-0.39, 0.29) is 11.3 Å². The van der Waals surface area contributed by atoms with E-state index >= 15 is 0 Å². The average molecular weight is 333 g/mol. The molecule has 5 heteroatoms. The highest BCUT2D eigenvalue weighted by Crippen LogP contribution is 2.27. The van der Waals surface area contributed by atoms with E-state index in [1.54, 1.807) is 30.3 Å². The minimum absolute atomic E-state index is 0.0155. The number of nitrogens with zero attached hydrogens (tertiary/aromatic N) is 1. The first kappa shape index (κ1) is 16.4. The predicted molar refractivity (Wildman–Crippen MR) is 93.7 cm³/mol. The smallest absolute Gasteiger partial charge is 0.280 e. The van der Waals surface area contributed by atoms with E-state index in [4.69, 9.17) is 4.74 Å². The van der Waals surface area contributed by atoms with Gasteiger partial charge in [-0.2, -0.15) is 0 Å². The third-order valence-electron chi connectivity index (χ3n) is 3.69. The topological polar surface area (TPSA) is 69.4 Å². The molecule has 0 amide bonds. The molecule has 0 atom stereocenters. The Balaban J connectivity index is 1.90. The molecule has 5 nitrogen and oxygen atoms in total. The lowest BCUT2D eigenvalue weighted by Gasteiger charge is -2.09. The molecule has 3 aromatic carbocycles. The van der Waals surface area contributed by atoms with E-state index in [1.807, 2.05) is 30.3 Å². The van der Waals surface area contributed by atoms with E-state index < -0.39 is 10.7 Å². The molecular weight excluding hydrogens is 318 g/mol. The van der Waals surface area contributed by atoms with Crippen molar-refractivity contribution in [1.82, 2.24) is 0 Å². The third kappa shape index (κ3) is 3.90. The molecule has 25 heavy (non-hydrogen) atoms. The van der Waals surface area contributed by atoms with Crippen molar-refractivity contribution >= 4 is 11.5 Å². The molecule has 0 unspecified atom stereocenters. The highest BCUT2D eigenvalue weighted by Gasteiger charge is 2.22. The van der Waals surface area contributed by atoms with E-state index in [9.17, 15) is 14.9 Å². The van der Waals surface area contributed by atoms with Crippen LogP contribution in [-0.4, -0.2) is 10.7 Å². The highest BCUT2D eigenvalue weighted by atomic mass is 16.6. The van der Waals surface area contributed by atoms with Crippen LogP contribution in [0.1, 0.15) is 21.5 Å². The molecule has 124 valence electrons. The number of benzene rings is 3. The van der Waals surface area contributed by atoms with E-state index in [0.717, 1.165) is 5.56 Å². The van der Waals surface area contributed by atoms with Crippen molar-refractivity contribution in [2.24, 2.45) is 0 Å². The first-order valence-electron chi connectivity index (χ1n) is 7.70. The molecule has 0 radical (unpaired) electrons. The lowest BCUT2D eigenvalue weighted by Crippen LogP contribution is -2.06. The van der Waals surface area contributed by atoms with Crippen LogP contribution in [0.4, 0.5) is 5.69 Å². The second-order valence-electron chi connectivity index (χ2n) is 5.41. The van der Waals surface area contributed by atoms with Crippen molar-refractivity contribution < 1.29 is 14.5 Å². The fourth-order valence-electron chi connectivity index (χ4n) is 2.43. The number of nitro benzene ring substituents is 1. The Labute approximate surface area is 144 Å². The molecule has 3 aromatic rings. The molecule has 0 N–H and O–H groups in total. The zero-order valence-electron chi connectivity index (χ0n) is 13.3.